The van der Waals surface area contributed by atoms with Crippen LogP contribution in [0.4, 0.5) is 5.69 Å². The van der Waals surface area contributed by atoms with Crippen LogP contribution in [0.1, 0.15) is 20.8 Å². The average molecular weight is 312 g/mol. The van der Waals surface area contributed by atoms with E-state index in [9.17, 15) is 9.59 Å². The minimum Gasteiger partial charge on any atom is -0.478 e. The number of hydrogen-bond donors (Lipinski definition) is 2. The second kappa shape index (κ2) is 5.85. The van der Waals surface area contributed by atoms with Gasteiger partial charge in [-0.25, -0.2) is 14.8 Å². The first-order valence-corrected chi connectivity index (χ1v) is 6.05. The number of para-hydroxylation sites is 1. The number of hydrogen-bond acceptors (Lipinski definition) is 4. The van der Waals surface area contributed by atoms with Crippen LogP contribution in [0.3, 0.4) is 0 Å². The Balaban J connectivity index is 2.32. The highest BCUT2D eigenvalue weighted by atomic mass is 35.5. The van der Waals surface area contributed by atoms with Crippen LogP contribution in [0.15, 0.2) is 30.6 Å². The van der Waals surface area contributed by atoms with Gasteiger partial charge >= 0.3 is 5.97 Å². The molecule has 0 aliphatic rings. The largest absolute Gasteiger partial charge is 0.478 e. The molecule has 0 radical (unpaired) electrons. The number of amides is 1. The summed E-state index contributed by atoms with van der Waals surface area (Å²) >= 11 is 11.5. The van der Waals surface area contributed by atoms with Crippen LogP contribution < -0.4 is 5.32 Å². The molecule has 2 rings (SSSR count). The maximum absolute atomic E-state index is 11.9. The lowest BCUT2D eigenvalue weighted by molar-refractivity contribution is 0.0698. The van der Waals surface area contributed by atoms with Crippen molar-refractivity contribution >= 4 is 40.8 Å². The predicted molar refractivity (Wildman–Crippen MR) is 73.4 cm³/mol. The van der Waals surface area contributed by atoms with Gasteiger partial charge in [0.1, 0.15) is 10.8 Å². The number of nitrogens with zero attached hydrogens (tertiary/aromatic N) is 2. The number of aromatic nitrogens is 2. The van der Waals surface area contributed by atoms with Crippen LogP contribution in [0, 0.1) is 0 Å². The van der Waals surface area contributed by atoms with E-state index in [4.69, 9.17) is 28.3 Å². The fraction of sp³-hybridized carbons (Fsp3) is 0. The Bertz CT molecular complexity index is 674. The van der Waals surface area contributed by atoms with Crippen molar-refractivity contribution in [3.8, 4) is 0 Å². The van der Waals surface area contributed by atoms with Crippen LogP contribution in [0.25, 0.3) is 0 Å². The van der Waals surface area contributed by atoms with Crippen LogP contribution in [-0.4, -0.2) is 27.0 Å². The van der Waals surface area contributed by atoms with Gasteiger partial charge in [-0.3, -0.25) is 4.79 Å². The van der Waals surface area contributed by atoms with Crippen molar-refractivity contribution in [3.63, 3.8) is 0 Å². The van der Waals surface area contributed by atoms with E-state index in [1.165, 1.54) is 30.6 Å². The Morgan fingerprint density at radius 1 is 1.15 bits per heavy atom. The molecule has 0 saturated carbocycles. The topological polar surface area (TPSA) is 92.2 Å². The Labute approximate surface area is 123 Å². The van der Waals surface area contributed by atoms with Crippen molar-refractivity contribution in [2.24, 2.45) is 0 Å². The molecule has 0 atom stereocenters. The van der Waals surface area contributed by atoms with Gasteiger partial charge in [0.15, 0.2) is 0 Å². The van der Waals surface area contributed by atoms with Crippen molar-refractivity contribution in [3.05, 3.63) is 52.0 Å². The molecule has 0 fully saturated rings. The van der Waals surface area contributed by atoms with E-state index in [0.717, 1.165) is 0 Å². The first-order valence-electron chi connectivity index (χ1n) is 5.29. The second-order valence-electron chi connectivity index (χ2n) is 3.65. The van der Waals surface area contributed by atoms with E-state index < -0.39 is 11.9 Å². The second-order valence-corrected chi connectivity index (χ2v) is 4.44. The molecule has 1 aromatic heterocycles. The Morgan fingerprint density at radius 3 is 2.50 bits per heavy atom. The SMILES string of the molecule is O=C(Nc1c(Cl)cccc1C(=O)O)c1cnc(Cl)cn1. The van der Waals surface area contributed by atoms with E-state index in [2.05, 4.69) is 15.3 Å². The highest BCUT2D eigenvalue weighted by Gasteiger charge is 2.17. The normalized spacial score (nSPS) is 10.1. The van der Waals surface area contributed by atoms with E-state index in [-0.39, 0.29) is 27.1 Å². The molecule has 8 heteroatoms. The van der Waals surface area contributed by atoms with E-state index in [1.807, 2.05) is 0 Å². The summed E-state index contributed by atoms with van der Waals surface area (Å²) in [6.07, 6.45) is 2.39. The van der Waals surface area contributed by atoms with Gasteiger partial charge in [0.2, 0.25) is 0 Å². The zero-order valence-electron chi connectivity index (χ0n) is 9.80. The summed E-state index contributed by atoms with van der Waals surface area (Å²) in [6.45, 7) is 0. The van der Waals surface area contributed by atoms with Gasteiger partial charge in [0.25, 0.3) is 5.91 Å². The summed E-state index contributed by atoms with van der Waals surface area (Å²) in [5, 5.41) is 11.7. The molecule has 6 nitrogen and oxygen atoms in total. The van der Waals surface area contributed by atoms with Crippen LogP contribution in [-0.2, 0) is 0 Å². The van der Waals surface area contributed by atoms with E-state index in [1.54, 1.807) is 0 Å². The molecule has 1 heterocycles. The first-order chi connectivity index (χ1) is 9.49. The summed E-state index contributed by atoms with van der Waals surface area (Å²) in [6, 6.07) is 4.28. The van der Waals surface area contributed by atoms with Crippen molar-refractivity contribution in [2.45, 2.75) is 0 Å². The standard InChI is InChI=1S/C12H7Cl2N3O3/c13-7-3-1-2-6(12(19)20)10(7)17-11(18)8-4-16-9(14)5-15-8/h1-5H,(H,17,18)(H,19,20). The minimum atomic E-state index is -1.20. The van der Waals surface area contributed by atoms with E-state index in [0.29, 0.717) is 0 Å². The summed E-state index contributed by atoms with van der Waals surface area (Å²) in [7, 11) is 0. The van der Waals surface area contributed by atoms with Gasteiger partial charge in [-0.15, -0.1) is 0 Å². The van der Waals surface area contributed by atoms with Crippen LogP contribution >= 0.6 is 23.2 Å². The lowest BCUT2D eigenvalue weighted by Gasteiger charge is -2.09. The number of benzene rings is 1. The average Bonchev–Trinajstić information content (AvgIpc) is 2.41. The summed E-state index contributed by atoms with van der Waals surface area (Å²) < 4.78 is 0. The van der Waals surface area contributed by atoms with Gasteiger partial charge in [0.05, 0.1) is 28.7 Å². The smallest absolute Gasteiger partial charge is 0.337 e. The Morgan fingerprint density at radius 2 is 1.90 bits per heavy atom. The monoisotopic (exact) mass is 311 g/mol. The third-order valence-electron chi connectivity index (χ3n) is 2.34. The maximum Gasteiger partial charge on any atom is 0.337 e. The Hall–Kier alpha value is -2.18. The summed E-state index contributed by atoms with van der Waals surface area (Å²) in [4.78, 5) is 30.5. The molecule has 2 aromatic rings. The number of aromatic carboxylic acids is 1. The van der Waals surface area contributed by atoms with Crippen LogP contribution in [0.2, 0.25) is 10.2 Å². The van der Waals surface area contributed by atoms with Crippen LogP contribution in [0.5, 0.6) is 0 Å². The number of carbonyl (C=O) groups excluding carboxylic acids is 1. The molecule has 20 heavy (non-hydrogen) atoms. The first kappa shape index (κ1) is 14.2. The molecular weight excluding hydrogens is 305 g/mol. The fourth-order valence-corrected chi connectivity index (χ4v) is 1.76. The van der Waals surface area contributed by atoms with Crippen molar-refractivity contribution < 1.29 is 14.7 Å². The van der Waals surface area contributed by atoms with Crippen molar-refractivity contribution in [2.75, 3.05) is 5.32 Å². The molecule has 0 saturated heterocycles. The number of carboxylic acid groups (broad SMARTS) is 1. The lowest BCUT2D eigenvalue weighted by atomic mass is 10.1. The maximum atomic E-state index is 11.9. The quantitative estimate of drug-likeness (QED) is 0.909. The molecular formula is C12H7Cl2N3O3. The number of anilines is 1. The number of rotatable bonds is 3. The fourth-order valence-electron chi connectivity index (χ4n) is 1.44. The van der Waals surface area contributed by atoms with Gasteiger partial charge < -0.3 is 10.4 Å². The number of carboxylic acids is 1. The Kier molecular flexibility index (Phi) is 4.16. The molecule has 1 aromatic carbocycles. The zero-order valence-corrected chi connectivity index (χ0v) is 11.3. The van der Waals surface area contributed by atoms with E-state index >= 15 is 0 Å². The molecule has 0 bridgehead atoms. The summed E-state index contributed by atoms with van der Waals surface area (Å²) in [5.41, 5.74) is -0.123. The highest BCUT2D eigenvalue weighted by molar-refractivity contribution is 6.34. The molecule has 2 N–H and O–H groups in total. The molecule has 0 aliphatic carbocycles. The lowest BCUT2D eigenvalue weighted by Crippen LogP contribution is -2.16. The summed E-state index contributed by atoms with van der Waals surface area (Å²) in [5.74, 6) is -1.84. The molecule has 0 unspecified atom stereocenters. The number of carbonyl (C=O) groups is 2. The zero-order chi connectivity index (χ0) is 14.7. The molecule has 102 valence electrons. The van der Waals surface area contributed by atoms with Gasteiger partial charge in [-0.05, 0) is 12.1 Å². The van der Waals surface area contributed by atoms with Gasteiger partial charge in [0, 0.05) is 0 Å². The third-order valence-corrected chi connectivity index (χ3v) is 2.85. The molecule has 0 aliphatic heterocycles. The minimum absolute atomic E-state index is 0.00316. The number of halogens is 2. The molecule has 1 amide bonds. The number of nitrogens with one attached hydrogen (secondary N) is 1. The van der Waals surface area contributed by atoms with Crippen molar-refractivity contribution in [1.82, 2.24) is 9.97 Å². The van der Waals surface area contributed by atoms with Crippen molar-refractivity contribution in [1.29, 1.82) is 0 Å². The highest BCUT2D eigenvalue weighted by Crippen LogP contribution is 2.26. The van der Waals surface area contributed by atoms with Gasteiger partial charge in [-0.1, -0.05) is 29.3 Å². The third kappa shape index (κ3) is 3.04. The predicted octanol–water partition coefficient (Wildman–Crippen LogP) is 2.73. The molecule has 0 spiro atoms. The van der Waals surface area contributed by atoms with Gasteiger partial charge in [-0.2, -0.15) is 0 Å².